The van der Waals surface area contributed by atoms with E-state index in [2.05, 4.69) is 16.0 Å². The fourth-order valence-electron chi connectivity index (χ4n) is 2.09. The van der Waals surface area contributed by atoms with Gasteiger partial charge in [-0.1, -0.05) is 18.2 Å². The lowest BCUT2D eigenvalue weighted by Crippen LogP contribution is -2.28. The standard InChI is InChI=1S/C18H18FN3O3/c1-12(23)21-14-6-8-15(9-7-14)22-18(25)10-17(24)20-11-13-4-2-3-5-16(13)19/h2-9H,10-11H2,1H3,(H,20,24)(H,21,23)(H,22,25). The molecule has 0 saturated heterocycles. The van der Waals surface area contributed by atoms with Crippen LogP contribution in [0, 0.1) is 5.82 Å². The number of hydrogen-bond acceptors (Lipinski definition) is 3. The highest BCUT2D eigenvalue weighted by molar-refractivity contribution is 6.03. The van der Waals surface area contributed by atoms with E-state index >= 15 is 0 Å². The summed E-state index contributed by atoms with van der Waals surface area (Å²) in [6, 6.07) is 12.6. The van der Waals surface area contributed by atoms with Crippen molar-refractivity contribution in [3.8, 4) is 0 Å². The number of amides is 3. The van der Waals surface area contributed by atoms with E-state index in [1.807, 2.05) is 0 Å². The van der Waals surface area contributed by atoms with E-state index in [0.717, 1.165) is 0 Å². The molecule has 2 rings (SSSR count). The van der Waals surface area contributed by atoms with Crippen LogP contribution in [0.3, 0.4) is 0 Å². The van der Waals surface area contributed by atoms with Crippen molar-refractivity contribution in [2.24, 2.45) is 0 Å². The van der Waals surface area contributed by atoms with E-state index in [1.165, 1.54) is 13.0 Å². The number of halogens is 1. The maximum atomic E-state index is 13.4. The van der Waals surface area contributed by atoms with E-state index in [-0.39, 0.29) is 18.9 Å². The van der Waals surface area contributed by atoms with Crippen LogP contribution in [0.1, 0.15) is 18.9 Å². The molecule has 0 unspecified atom stereocenters. The van der Waals surface area contributed by atoms with Crippen molar-refractivity contribution in [1.82, 2.24) is 5.32 Å². The summed E-state index contributed by atoms with van der Waals surface area (Å²) in [5.41, 5.74) is 1.46. The van der Waals surface area contributed by atoms with Gasteiger partial charge in [-0.25, -0.2) is 4.39 Å². The molecule has 0 aliphatic rings. The molecule has 0 aromatic heterocycles. The van der Waals surface area contributed by atoms with E-state index in [9.17, 15) is 18.8 Å². The Morgan fingerprint density at radius 1 is 0.880 bits per heavy atom. The van der Waals surface area contributed by atoms with E-state index < -0.39 is 17.6 Å². The number of carbonyl (C=O) groups excluding carboxylic acids is 3. The quantitative estimate of drug-likeness (QED) is 0.704. The number of rotatable bonds is 6. The highest BCUT2D eigenvalue weighted by Gasteiger charge is 2.10. The summed E-state index contributed by atoms with van der Waals surface area (Å²) >= 11 is 0. The first-order valence-electron chi connectivity index (χ1n) is 7.61. The fraction of sp³-hybridized carbons (Fsp3) is 0.167. The molecule has 0 aliphatic carbocycles. The second-order valence-corrected chi connectivity index (χ2v) is 5.35. The number of hydrogen-bond donors (Lipinski definition) is 3. The smallest absolute Gasteiger partial charge is 0.233 e. The SMILES string of the molecule is CC(=O)Nc1ccc(NC(=O)CC(=O)NCc2ccccc2F)cc1. The van der Waals surface area contributed by atoms with Gasteiger partial charge in [0.2, 0.25) is 17.7 Å². The van der Waals surface area contributed by atoms with Crippen molar-refractivity contribution >= 4 is 29.1 Å². The minimum Gasteiger partial charge on any atom is -0.351 e. The normalized spacial score (nSPS) is 10.0. The molecule has 0 fully saturated rings. The molecule has 0 spiro atoms. The average molecular weight is 343 g/mol. The zero-order valence-corrected chi connectivity index (χ0v) is 13.6. The number of benzene rings is 2. The summed E-state index contributed by atoms with van der Waals surface area (Å²) < 4.78 is 13.4. The van der Waals surface area contributed by atoms with Crippen molar-refractivity contribution in [3.05, 3.63) is 59.9 Å². The van der Waals surface area contributed by atoms with Gasteiger partial charge in [-0.05, 0) is 30.3 Å². The van der Waals surface area contributed by atoms with Gasteiger partial charge in [-0.15, -0.1) is 0 Å². The van der Waals surface area contributed by atoms with Crippen LogP contribution < -0.4 is 16.0 Å². The monoisotopic (exact) mass is 343 g/mol. The molecule has 2 aromatic rings. The topological polar surface area (TPSA) is 87.3 Å². The maximum Gasteiger partial charge on any atom is 0.233 e. The van der Waals surface area contributed by atoms with Gasteiger partial charge in [0, 0.05) is 30.4 Å². The van der Waals surface area contributed by atoms with Gasteiger partial charge in [-0.3, -0.25) is 14.4 Å². The van der Waals surface area contributed by atoms with Gasteiger partial charge in [0.25, 0.3) is 0 Å². The van der Waals surface area contributed by atoms with Crippen molar-refractivity contribution < 1.29 is 18.8 Å². The van der Waals surface area contributed by atoms with Crippen LogP contribution in [0.5, 0.6) is 0 Å². The Labute approximate surface area is 144 Å². The molecular weight excluding hydrogens is 325 g/mol. The molecule has 0 bridgehead atoms. The average Bonchev–Trinajstić information content (AvgIpc) is 2.55. The summed E-state index contributed by atoms with van der Waals surface area (Å²) in [6.45, 7) is 1.42. The lowest BCUT2D eigenvalue weighted by molar-refractivity contribution is -0.127. The lowest BCUT2D eigenvalue weighted by Gasteiger charge is -2.08. The Hall–Kier alpha value is -3.22. The molecule has 7 heteroatoms. The minimum absolute atomic E-state index is 0.0181. The summed E-state index contributed by atoms with van der Waals surface area (Å²) in [4.78, 5) is 34.5. The third-order valence-electron chi connectivity index (χ3n) is 3.24. The molecule has 0 saturated carbocycles. The minimum atomic E-state index is -0.504. The molecule has 6 nitrogen and oxygen atoms in total. The molecule has 0 radical (unpaired) electrons. The van der Waals surface area contributed by atoms with Crippen LogP contribution in [0.25, 0.3) is 0 Å². The Kier molecular flexibility index (Phi) is 6.22. The fourth-order valence-corrected chi connectivity index (χ4v) is 2.09. The molecule has 0 heterocycles. The van der Waals surface area contributed by atoms with Crippen LogP contribution in [-0.2, 0) is 20.9 Å². The predicted molar refractivity (Wildman–Crippen MR) is 92.2 cm³/mol. The summed E-state index contributed by atoms with van der Waals surface area (Å²) in [6.07, 6.45) is -0.373. The second-order valence-electron chi connectivity index (χ2n) is 5.35. The van der Waals surface area contributed by atoms with E-state index in [4.69, 9.17) is 0 Å². The zero-order chi connectivity index (χ0) is 18.2. The van der Waals surface area contributed by atoms with Crippen LogP contribution in [-0.4, -0.2) is 17.7 Å². The number of nitrogens with one attached hydrogen (secondary N) is 3. The van der Waals surface area contributed by atoms with E-state index in [1.54, 1.807) is 42.5 Å². The van der Waals surface area contributed by atoms with Crippen molar-refractivity contribution in [3.63, 3.8) is 0 Å². The summed E-state index contributed by atoms with van der Waals surface area (Å²) in [5, 5.41) is 7.68. The van der Waals surface area contributed by atoms with Gasteiger partial charge >= 0.3 is 0 Å². The first-order valence-corrected chi connectivity index (χ1v) is 7.61. The van der Waals surface area contributed by atoms with Gasteiger partial charge in [-0.2, -0.15) is 0 Å². The Morgan fingerprint density at radius 3 is 2.08 bits per heavy atom. The van der Waals surface area contributed by atoms with Gasteiger partial charge < -0.3 is 16.0 Å². The van der Waals surface area contributed by atoms with Crippen LogP contribution >= 0.6 is 0 Å². The third-order valence-corrected chi connectivity index (χ3v) is 3.24. The highest BCUT2D eigenvalue weighted by Crippen LogP contribution is 2.13. The first kappa shape index (κ1) is 18.1. The molecular formula is C18H18FN3O3. The Bertz CT molecular complexity index is 775. The summed E-state index contributed by atoms with van der Waals surface area (Å²) in [5.74, 6) is -1.59. The molecule has 3 N–H and O–H groups in total. The first-order chi connectivity index (χ1) is 11.9. The maximum absolute atomic E-state index is 13.4. The molecule has 130 valence electrons. The largest absolute Gasteiger partial charge is 0.351 e. The van der Waals surface area contributed by atoms with Crippen LogP contribution in [0.2, 0.25) is 0 Å². The molecule has 3 amide bonds. The van der Waals surface area contributed by atoms with Crippen molar-refractivity contribution in [2.45, 2.75) is 19.9 Å². The molecule has 2 aromatic carbocycles. The Morgan fingerprint density at radius 2 is 1.48 bits per heavy atom. The molecule has 0 atom stereocenters. The van der Waals surface area contributed by atoms with Gasteiger partial charge in [0.15, 0.2) is 0 Å². The lowest BCUT2D eigenvalue weighted by atomic mass is 10.2. The molecule has 25 heavy (non-hydrogen) atoms. The second kappa shape index (κ2) is 8.58. The Balaban J connectivity index is 1.80. The van der Waals surface area contributed by atoms with Crippen LogP contribution in [0.4, 0.5) is 15.8 Å². The van der Waals surface area contributed by atoms with Gasteiger partial charge in [0.1, 0.15) is 12.2 Å². The third kappa shape index (κ3) is 6.06. The highest BCUT2D eigenvalue weighted by atomic mass is 19.1. The number of carbonyl (C=O) groups is 3. The van der Waals surface area contributed by atoms with E-state index in [0.29, 0.717) is 16.9 Å². The summed E-state index contributed by atoms with van der Waals surface area (Å²) in [7, 11) is 0. The number of anilines is 2. The predicted octanol–water partition coefficient (Wildman–Crippen LogP) is 2.43. The van der Waals surface area contributed by atoms with Gasteiger partial charge in [0.05, 0.1) is 0 Å². The zero-order valence-electron chi connectivity index (χ0n) is 13.6. The van der Waals surface area contributed by atoms with Crippen molar-refractivity contribution in [2.75, 3.05) is 10.6 Å². The molecule has 0 aliphatic heterocycles. The van der Waals surface area contributed by atoms with Crippen LogP contribution in [0.15, 0.2) is 48.5 Å². The van der Waals surface area contributed by atoms with Crippen molar-refractivity contribution in [1.29, 1.82) is 0 Å².